The molecular weight excluding hydrogens is 420 g/mol. The highest BCUT2D eigenvalue weighted by Crippen LogP contribution is 2.29. The van der Waals surface area contributed by atoms with Gasteiger partial charge in [-0.1, -0.05) is 91.0 Å². The summed E-state index contributed by atoms with van der Waals surface area (Å²) >= 11 is 0. The smallest absolute Gasteiger partial charge is 0.248 e. The highest BCUT2D eigenvalue weighted by molar-refractivity contribution is 5.96. The van der Waals surface area contributed by atoms with Crippen molar-refractivity contribution in [3.8, 4) is 0 Å². The molecule has 0 aliphatic carbocycles. The maximum absolute atomic E-state index is 11.9. The summed E-state index contributed by atoms with van der Waals surface area (Å²) in [5, 5.41) is 3.69. The van der Waals surface area contributed by atoms with Gasteiger partial charge in [-0.3, -0.25) is 4.79 Å². The number of aryl methyl sites for hydroxylation is 2. The molecule has 1 aromatic heterocycles. The van der Waals surface area contributed by atoms with Crippen LogP contribution in [0.4, 0.5) is 5.95 Å². The molecule has 0 atom stereocenters. The summed E-state index contributed by atoms with van der Waals surface area (Å²) in [6.07, 6.45) is 0.836. The lowest BCUT2D eigenvalue weighted by Crippen LogP contribution is -2.16. The van der Waals surface area contributed by atoms with Crippen LogP contribution < -0.4 is 11.1 Å². The van der Waals surface area contributed by atoms with E-state index < -0.39 is 5.91 Å². The summed E-state index contributed by atoms with van der Waals surface area (Å²) in [5.74, 6) is 0.309. The van der Waals surface area contributed by atoms with Gasteiger partial charge >= 0.3 is 0 Å². The third kappa shape index (κ3) is 4.55. The van der Waals surface area contributed by atoms with Crippen LogP contribution in [0.5, 0.6) is 0 Å². The number of nitrogens with two attached hydrogens (primary N) is 1. The van der Waals surface area contributed by atoms with Crippen molar-refractivity contribution in [2.45, 2.75) is 19.0 Å². The molecule has 5 rings (SSSR count). The van der Waals surface area contributed by atoms with Gasteiger partial charge in [-0.05, 0) is 41.3 Å². The summed E-state index contributed by atoms with van der Waals surface area (Å²) in [4.78, 5) is 16.8. The van der Waals surface area contributed by atoms with E-state index in [-0.39, 0.29) is 6.04 Å². The summed E-state index contributed by atoms with van der Waals surface area (Å²) in [6, 6.07) is 36.4. The number of amides is 1. The second-order valence-electron chi connectivity index (χ2n) is 8.29. The molecule has 0 saturated carbocycles. The van der Waals surface area contributed by atoms with Crippen LogP contribution in [0.15, 0.2) is 109 Å². The number of fused-ring (bicyclic) bond motifs is 1. The topological polar surface area (TPSA) is 72.9 Å². The molecule has 1 amide bonds. The van der Waals surface area contributed by atoms with Crippen LogP contribution >= 0.6 is 0 Å². The van der Waals surface area contributed by atoms with Gasteiger partial charge in [-0.2, -0.15) is 0 Å². The molecule has 0 bridgehead atoms. The zero-order chi connectivity index (χ0) is 23.3. The van der Waals surface area contributed by atoms with Gasteiger partial charge in [0.05, 0.1) is 17.1 Å². The Hall–Kier alpha value is -4.38. The zero-order valence-corrected chi connectivity index (χ0v) is 18.8. The van der Waals surface area contributed by atoms with E-state index >= 15 is 0 Å². The maximum Gasteiger partial charge on any atom is 0.248 e. The fourth-order valence-corrected chi connectivity index (χ4v) is 4.28. The molecule has 5 heteroatoms. The van der Waals surface area contributed by atoms with Crippen molar-refractivity contribution in [2.24, 2.45) is 5.73 Å². The number of primary amides is 1. The van der Waals surface area contributed by atoms with Gasteiger partial charge < -0.3 is 15.6 Å². The van der Waals surface area contributed by atoms with Crippen LogP contribution in [-0.4, -0.2) is 15.5 Å². The minimum atomic E-state index is -0.446. The monoisotopic (exact) mass is 446 g/mol. The highest BCUT2D eigenvalue weighted by Gasteiger charge is 2.19. The zero-order valence-electron chi connectivity index (χ0n) is 18.8. The van der Waals surface area contributed by atoms with Crippen molar-refractivity contribution >= 4 is 22.9 Å². The lowest BCUT2D eigenvalue weighted by Gasteiger charge is -2.21. The normalized spacial score (nSPS) is 11.1. The van der Waals surface area contributed by atoms with Crippen molar-refractivity contribution in [2.75, 3.05) is 5.32 Å². The third-order valence-corrected chi connectivity index (χ3v) is 6.04. The summed E-state index contributed by atoms with van der Waals surface area (Å²) in [7, 11) is 0. The number of nitrogens with one attached hydrogen (secondary N) is 1. The predicted molar refractivity (Wildman–Crippen MR) is 137 cm³/mol. The Morgan fingerprint density at radius 2 is 1.41 bits per heavy atom. The molecule has 0 fully saturated rings. The summed E-state index contributed by atoms with van der Waals surface area (Å²) in [5.41, 5.74) is 11.3. The number of hydrogen-bond acceptors (Lipinski definition) is 3. The number of nitrogens with zero attached hydrogens (tertiary/aromatic N) is 2. The van der Waals surface area contributed by atoms with E-state index in [2.05, 4.69) is 46.3 Å². The van der Waals surface area contributed by atoms with Gasteiger partial charge in [0, 0.05) is 12.1 Å². The van der Waals surface area contributed by atoms with Crippen molar-refractivity contribution in [3.05, 3.63) is 131 Å². The number of aromatic nitrogens is 2. The number of hydrogen-bond donors (Lipinski definition) is 2. The van der Waals surface area contributed by atoms with E-state index in [0.717, 1.165) is 34.5 Å². The van der Waals surface area contributed by atoms with E-state index in [4.69, 9.17) is 10.7 Å². The Morgan fingerprint density at radius 1 is 0.824 bits per heavy atom. The van der Waals surface area contributed by atoms with E-state index in [0.29, 0.717) is 12.1 Å². The molecule has 4 aromatic carbocycles. The maximum atomic E-state index is 11.9. The molecule has 0 unspecified atom stereocenters. The minimum absolute atomic E-state index is 0.0784. The van der Waals surface area contributed by atoms with Crippen molar-refractivity contribution < 1.29 is 4.79 Å². The third-order valence-electron chi connectivity index (χ3n) is 6.04. The fraction of sp³-hybridized carbons (Fsp3) is 0.103. The molecule has 0 spiro atoms. The molecule has 0 saturated heterocycles. The van der Waals surface area contributed by atoms with E-state index in [1.807, 2.05) is 66.7 Å². The van der Waals surface area contributed by atoms with Crippen molar-refractivity contribution in [3.63, 3.8) is 0 Å². The Bertz CT molecular complexity index is 1360. The quantitative estimate of drug-likeness (QED) is 0.327. The number of carbonyl (C=O) groups excluding carboxylic acids is 1. The number of carbonyl (C=O) groups is 1. The Kier molecular flexibility index (Phi) is 6.08. The van der Waals surface area contributed by atoms with Crippen LogP contribution in [0.2, 0.25) is 0 Å². The van der Waals surface area contributed by atoms with Crippen molar-refractivity contribution in [1.29, 1.82) is 0 Å². The second-order valence-corrected chi connectivity index (χ2v) is 8.29. The molecule has 1 heterocycles. The van der Waals surface area contributed by atoms with Gasteiger partial charge in [0.25, 0.3) is 0 Å². The molecule has 0 aliphatic rings. The molecular formula is C29H26N4O. The molecule has 168 valence electrons. The Balaban J connectivity index is 1.58. The summed E-state index contributed by atoms with van der Waals surface area (Å²) in [6.45, 7) is 0.710. The van der Waals surface area contributed by atoms with E-state index in [9.17, 15) is 4.79 Å². The Morgan fingerprint density at radius 3 is 2.00 bits per heavy atom. The van der Waals surface area contributed by atoms with Crippen LogP contribution in [0, 0.1) is 0 Å². The van der Waals surface area contributed by atoms with Crippen LogP contribution in [-0.2, 0) is 13.0 Å². The molecule has 5 nitrogen and oxygen atoms in total. The Labute approximate surface area is 198 Å². The van der Waals surface area contributed by atoms with Gasteiger partial charge in [-0.25, -0.2) is 4.98 Å². The molecule has 3 N–H and O–H groups in total. The molecule has 34 heavy (non-hydrogen) atoms. The summed E-state index contributed by atoms with van der Waals surface area (Å²) < 4.78 is 2.15. The van der Waals surface area contributed by atoms with E-state index in [1.165, 1.54) is 5.56 Å². The highest BCUT2D eigenvalue weighted by atomic mass is 16.1. The first-order valence-electron chi connectivity index (χ1n) is 11.4. The van der Waals surface area contributed by atoms with Crippen LogP contribution in [0.3, 0.4) is 0 Å². The van der Waals surface area contributed by atoms with Crippen LogP contribution in [0.1, 0.15) is 33.1 Å². The SMILES string of the molecule is NC(=O)c1ccc2nc(NC(c3ccccc3)c3ccccc3)n(CCc3ccccc3)c2c1. The lowest BCUT2D eigenvalue weighted by molar-refractivity contribution is 0.100. The first-order valence-corrected chi connectivity index (χ1v) is 11.4. The average Bonchev–Trinajstić information content (AvgIpc) is 3.24. The standard InChI is InChI=1S/C29H26N4O/c30-28(34)24-16-17-25-26(20-24)33(19-18-21-10-4-1-5-11-21)29(31-25)32-27(22-12-6-2-7-13-22)23-14-8-3-9-15-23/h1-17,20,27H,18-19H2,(H2,30,34)(H,31,32). The van der Waals surface area contributed by atoms with Crippen molar-refractivity contribution in [1.82, 2.24) is 9.55 Å². The minimum Gasteiger partial charge on any atom is -0.366 e. The van der Waals surface area contributed by atoms with Gasteiger partial charge in [0.2, 0.25) is 11.9 Å². The molecule has 0 aliphatic heterocycles. The average molecular weight is 447 g/mol. The lowest BCUT2D eigenvalue weighted by atomic mass is 9.99. The first-order chi connectivity index (χ1) is 16.7. The number of rotatable bonds is 8. The largest absolute Gasteiger partial charge is 0.366 e. The van der Waals surface area contributed by atoms with Crippen LogP contribution in [0.25, 0.3) is 11.0 Å². The number of benzene rings is 4. The predicted octanol–water partition coefficient (Wildman–Crippen LogP) is 5.58. The van der Waals surface area contributed by atoms with Gasteiger partial charge in [-0.15, -0.1) is 0 Å². The van der Waals surface area contributed by atoms with Gasteiger partial charge in [0.15, 0.2) is 0 Å². The molecule has 0 radical (unpaired) electrons. The number of anilines is 1. The van der Waals surface area contributed by atoms with E-state index in [1.54, 1.807) is 6.07 Å². The molecule has 5 aromatic rings. The first kappa shape index (κ1) is 21.5. The second kappa shape index (κ2) is 9.63. The fourth-order valence-electron chi connectivity index (χ4n) is 4.28. The van der Waals surface area contributed by atoms with Gasteiger partial charge in [0.1, 0.15) is 0 Å². The number of imidazole rings is 1.